The molecule has 1 unspecified atom stereocenters. The maximum absolute atomic E-state index is 12.1. The van der Waals surface area contributed by atoms with E-state index in [2.05, 4.69) is 22.5 Å². The van der Waals surface area contributed by atoms with Crippen LogP contribution in [0.15, 0.2) is 48.6 Å². The molecule has 1 aromatic heterocycles. The van der Waals surface area contributed by atoms with E-state index in [9.17, 15) is 4.79 Å². The first kappa shape index (κ1) is 11.9. The predicted octanol–water partition coefficient (Wildman–Crippen LogP) is 3.53. The Balaban J connectivity index is 1.77. The van der Waals surface area contributed by atoms with E-state index in [1.165, 1.54) is 0 Å². The van der Waals surface area contributed by atoms with E-state index >= 15 is 0 Å². The van der Waals surface area contributed by atoms with E-state index in [0.717, 1.165) is 30.2 Å². The predicted molar refractivity (Wildman–Crippen MR) is 76.9 cm³/mol. The lowest BCUT2D eigenvalue weighted by Crippen LogP contribution is -2.23. The lowest BCUT2D eigenvalue weighted by molar-refractivity contribution is -0.120. The van der Waals surface area contributed by atoms with Gasteiger partial charge < -0.3 is 5.32 Å². The second-order valence-electron chi connectivity index (χ2n) is 4.86. The van der Waals surface area contributed by atoms with Crippen LogP contribution in [0.1, 0.15) is 19.3 Å². The third-order valence-electron chi connectivity index (χ3n) is 3.49. The molecule has 1 aliphatic carbocycles. The van der Waals surface area contributed by atoms with Crippen LogP contribution >= 0.6 is 0 Å². The summed E-state index contributed by atoms with van der Waals surface area (Å²) in [4.78, 5) is 16.6. The van der Waals surface area contributed by atoms with Crippen LogP contribution in [-0.2, 0) is 4.79 Å². The van der Waals surface area contributed by atoms with Crippen LogP contribution in [0.3, 0.4) is 0 Å². The van der Waals surface area contributed by atoms with Gasteiger partial charge in [-0.1, -0.05) is 30.4 Å². The molecule has 1 amide bonds. The van der Waals surface area contributed by atoms with Crippen molar-refractivity contribution in [1.29, 1.82) is 0 Å². The third-order valence-corrected chi connectivity index (χ3v) is 3.49. The Morgan fingerprint density at radius 1 is 1.16 bits per heavy atom. The number of aromatic nitrogens is 1. The number of nitrogens with one attached hydrogen (secondary N) is 1. The van der Waals surface area contributed by atoms with Crippen LogP contribution in [0.5, 0.6) is 0 Å². The molecule has 19 heavy (non-hydrogen) atoms. The monoisotopic (exact) mass is 252 g/mol. The number of rotatable bonds is 2. The highest BCUT2D eigenvalue weighted by molar-refractivity contribution is 5.93. The van der Waals surface area contributed by atoms with Crippen molar-refractivity contribution < 1.29 is 4.79 Å². The molecule has 2 aromatic rings. The smallest absolute Gasteiger partial charge is 0.228 e. The van der Waals surface area contributed by atoms with Crippen LogP contribution < -0.4 is 5.32 Å². The van der Waals surface area contributed by atoms with E-state index in [1.54, 1.807) is 0 Å². The highest BCUT2D eigenvalue weighted by atomic mass is 16.1. The molecule has 0 fully saturated rings. The molecule has 0 radical (unpaired) electrons. The topological polar surface area (TPSA) is 42.0 Å². The summed E-state index contributed by atoms with van der Waals surface area (Å²) < 4.78 is 0. The van der Waals surface area contributed by atoms with Crippen LogP contribution in [0, 0.1) is 5.92 Å². The first-order chi connectivity index (χ1) is 9.33. The first-order valence-electron chi connectivity index (χ1n) is 6.64. The van der Waals surface area contributed by atoms with Gasteiger partial charge in [0.1, 0.15) is 5.82 Å². The number of anilines is 1. The minimum absolute atomic E-state index is 0.0760. The number of amides is 1. The van der Waals surface area contributed by atoms with E-state index in [4.69, 9.17) is 0 Å². The van der Waals surface area contributed by atoms with Crippen LogP contribution in [0.2, 0.25) is 0 Å². The normalized spacial score (nSPS) is 18.4. The SMILES string of the molecule is O=C(Nc1ccc2ccccc2n1)C1CC=CCC1. The number of hydrogen-bond donors (Lipinski definition) is 1. The minimum atomic E-state index is 0.0760. The summed E-state index contributed by atoms with van der Waals surface area (Å²) in [6.07, 6.45) is 6.97. The molecule has 1 aliphatic rings. The van der Waals surface area contributed by atoms with Crippen molar-refractivity contribution in [3.63, 3.8) is 0 Å². The molecule has 3 heteroatoms. The van der Waals surface area contributed by atoms with E-state index in [0.29, 0.717) is 5.82 Å². The summed E-state index contributed by atoms with van der Waals surface area (Å²) in [6.45, 7) is 0. The van der Waals surface area contributed by atoms with Gasteiger partial charge in [-0.25, -0.2) is 4.98 Å². The Hall–Kier alpha value is -2.16. The van der Waals surface area contributed by atoms with Crippen molar-refractivity contribution in [3.05, 3.63) is 48.6 Å². The lowest BCUT2D eigenvalue weighted by atomic mass is 9.94. The van der Waals surface area contributed by atoms with E-state index < -0.39 is 0 Å². The first-order valence-corrected chi connectivity index (χ1v) is 6.64. The van der Waals surface area contributed by atoms with Gasteiger partial charge >= 0.3 is 0 Å². The van der Waals surface area contributed by atoms with Crippen molar-refractivity contribution in [1.82, 2.24) is 4.98 Å². The molecule has 0 saturated heterocycles. The molecule has 3 nitrogen and oxygen atoms in total. The van der Waals surface area contributed by atoms with Crippen LogP contribution in [0.25, 0.3) is 10.9 Å². The zero-order valence-electron chi connectivity index (χ0n) is 10.7. The van der Waals surface area contributed by atoms with Crippen LogP contribution in [-0.4, -0.2) is 10.9 Å². The van der Waals surface area contributed by atoms with Crippen LogP contribution in [0.4, 0.5) is 5.82 Å². The lowest BCUT2D eigenvalue weighted by Gasteiger charge is -2.16. The second kappa shape index (κ2) is 5.22. The highest BCUT2D eigenvalue weighted by Gasteiger charge is 2.18. The Kier molecular flexibility index (Phi) is 3.27. The van der Waals surface area contributed by atoms with Gasteiger partial charge in [-0.15, -0.1) is 0 Å². The number of pyridine rings is 1. The number of hydrogen-bond acceptors (Lipinski definition) is 2. The summed E-state index contributed by atoms with van der Waals surface area (Å²) in [6, 6.07) is 11.7. The van der Waals surface area contributed by atoms with Gasteiger partial charge in [0.2, 0.25) is 5.91 Å². The van der Waals surface area contributed by atoms with Crippen molar-refractivity contribution >= 4 is 22.6 Å². The largest absolute Gasteiger partial charge is 0.310 e. The molecule has 0 aliphatic heterocycles. The molecular weight excluding hydrogens is 236 g/mol. The average molecular weight is 252 g/mol. The summed E-state index contributed by atoms with van der Waals surface area (Å²) >= 11 is 0. The molecular formula is C16H16N2O. The fourth-order valence-electron chi connectivity index (χ4n) is 2.40. The Bertz CT molecular complexity index is 633. The molecule has 1 atom stereocenters. The van der Waals surface area contributed by atoms with Gasteiger partial charge in [0, 0.05) is 11.3 Å². The van der Waals surface area contributed by atoms with Crippen molar-refractivity contribution in [3.8, 4) is 0 Å². The Morgan fingerprint density at radius 2 is 2.05 bits per heavy atom. The molecule has 1 N–H and O–H groups in total. The molecule has 3 rings (SSSR count). The van der Waals surface area contributed by atoms with Gasteiger partial charge in [0.15, 0.2) is 0 Å². The zero-order valence-corrected chi connectivity index (χ0v) is 10.7. The van der Waals surface area contributed by atoms with Gasteiger partial charge in [-0.2, -0.15) is 0 Å². The second-order valence-corrected chi connectivity index (χ2v) is 4.86. The minimum Gasteiger partial charge on any atom is -0.310 e. The van der Waals surface area contributed by atoms with Gasteiger partial charge in [0.05, 0.1) is 5.52 Å². The number of carbonyl (C=O) groups is 1. The molecule has 0 spiro atoms. The third kappa shape index (κ3) is 2.65. The van der Waals surface area contributed by atoms with Crippen molar-refractivity contribution in [2.45, 2.75) is 19.3 Å². The Labute approximate surface area is 112 Å². The number of fused-ring (bicyclic) bond motifs is 1. The Morgan fingerprint density at radius 3 is 2.89 bits per heavy atom. The summed E-state index contributed by atoms with van der Waals surface area (Å²) in [5.41, 5.74) is 0.906. The molecule has 1 heterocycles. The standard InChI is InChI=1S/C16H16N2O/c19-16(13-7-2-1-3-8-13)18-15-11-10-12-6-4-5-9-14(12)17-15/h1-2,4-6,9-11,13H,3,7-8H2,(H,17,18,19). The molecule has 0 bridgehead atoms. The maximum atomic E-state index is 12.1. The van der Waals surface area contributed by atoms with E-state index in [1.807, 2.05) is 36.4 Å². The fourth-order valence-corrected chi connectivity index (χ4v) is 2.40. The maximum Gasteiger partial charge on any atom is 0.228 e. The average Bonchev–Trinajstić information content (AvgIpc) is 2.48. The van der Waals surface area contributed by atoms with Gasteiger partial charge in [0.25, 0.3) is 0 Å². The van der Waals surface area contributed by atoms with Gasteiger partial charge in [-0.3, -0.25) is 4.79 Å². The molecule has 96 valence electrons. The van der Waals surface area contributed by atoms with Crippen molar-refractivity contribution in [2.75, 3.05) is 5.32 Å². The fraction of sp³-hybridized carbons (Fsp3) is 0.250. The number of carbonyl (C=O) groups excluding carboxylic acids is 1. The van der Waals surface area contributed by atoms with E-state index in [-0.39, 0.29) is 11.8 Å². The summed E-state index contributed by atoms with van der Waals surface area (Å²) in [7, 11) is 0. The number of nitrogens with zero attached hydrogens (tertiary/aromatic N) is 1. The molecule has 1 aromatic carbocycles. The summed E-state index contributed by atoms with van der Waals surface area (Å²) in [5.74, 6) is 0.795. The number of benzene rings is 1. The van der Waals surface area contributed by atoms with Gasteiger partial charge in [-0.05, 0) is 37.5 Å². The quantitative estimate of drug-likeness (QED) is 0.831. The number of para-hydroxylation sites is 1. The number of allylic oxidation sites excluding steroid dienone is 2. The highest BCUT2D eigenvalue weighted by Crippen LogP contribution is 2.20. The molecule has 0 saturated carbocycles. The van der Waals surface area contributed by atoms with Crippen molar-refractivity contribution in [2.24, 2.45) is 5.92 Å². The zero-order chi connectivity index (χ0) is 13.1. The summed E-state index contributed by atoms with van der Waals surface area (Å²) in [5, 5.41) is 4.00.